The fourth-order valence-corrected chi connectivity index (χ4v) is 20.6. The molecule has 1 aliphatic rings. The molecule has 1 saturated carbocycles. The van der Waals surface area contributed by atoms with Crippen molar-refractivity contribution in [3.05, 3.63) is 539 Å². The van der Waals surface area contributed by atoms with Crippen molar-refractivity contribution >= 4 is 124 Å². The molecule has 1 aliphatic carbocycles. The zero-order valence-corrected chi connectivity index (χ0v) is 82.6. The lowest BCUT2D eigenvalue weighted by Crippen LogP contribution is -2.30. The predicted octanol–water partition coefficient (Wildman–Crippen LogP) is 38.5. The van der Waals surface area contributed by atoms with E-state index in [0.717, 1.165) is 56.9 Å². The summed E-state index contributed by atoms with van der Waals surface area (Å²) in [5.74, 6) is 0. The van der Waals surface area contributed by atoms with Crippen LogP contribution in [0.1, 0.15) is 110 Å². The van der Waals surface area contributed by atoms with Crippen LogP contribution in [0.3, 0.4) is 0 Å². The van der Waals surface area contributed by atoms with Crippen molar-refractivity contribution in [2.45, 2.75) is 121 Å². The van der Waals surface area contributed by atoms with E-state index in [1.54, 1.807) is 0 Å². The molecule has 6 heteroatoms. The van der Waals surface area contributed by atoms with E-state index in [4.69, 9.17) is 0 Å². The van der Waals surface area contributed by atoms with Crippen LogP contribution in [-0.2, 0) is 5.41 Å². The van der Waals surface area contributed by atoms with E-state index >= 15 is 0 Å². The standard InChI is InChI=1S/C46H36N2.C46H46N2.C42H40N2/c1-33-31-39(47(37-19-5-3-6-20-37)45-25-13-17-35-15-9-11-23-43(35)45)27-29-41(33)42-30-28-40(32-34(42)2)48(38-21-7-4-8-22-38)46-26-14-18-36-16-10-12-24-44(36)46;1-34-8-20-40(21-9-34)47(41-22-10-35(2)11-23-41)44-28-16-38(17-29-44)46(32-6-5-7-33-46)39-18-30-45(31-19-39)48(42-24-12-36(3)13-25-42)43-26-14-37(4)15-27-43;1-29-11-7-15-35(23-29)43(36-16-8-12-30(2)24-36)39-19-21-41(33(5)27-39)42-22-20-40(28-34(42)6)44(37-17-9-13-31(3)25-37)38-18-10-14-32(4)26-38/h3-32H,1-2H3;8-31H,5-7,32-33H2,1-4H3;7-28H,1-6H3. The van der Waals surface area contributed by atoms with E-state index in [1.807, 2.05) is 0 Å². The van der Waals surface area contributed by atoms with Crippen molar-refractivity contribution in [2.24, 2.45) is 0 Å². The third-order valence-electron chi connectivity index (χ3n) is 27.8. The van der Waals surface area contributed by atoms with Gasteiger partial charge in [0.15, 0.2) is 0 Å². The van der Waals surface area contributed by atoms with Gasteiger partial charge in [-0.05, 0) is 391 Å². The Kier molecular flexibility index (Phi) is 27.7. The first-order valence-electron chi connectivity index (χ1n) is 49.4. The third-order valence-corrected chi connectivity index (χ3v) is 27.8. The Labute approximate surface area is 829 Å². The SMILES string of the molecule is Cc1cc(N(c2ccccc2)c2cccc3ccccc23)ccc1-c1ccc(N(c2ccccc2)c2cccc3ccccc23)cc1C.Cc1ccc(N(c2ccc(C)cc2)c2ccc(C3(c4ccc(N(c5ccc(C)cc5)c5ccc(C)cc5)cc4)CCCCC3)cc2)cc1.Cc1cccc(N(c2cccc(C)c2)c2ccc(-c3ccc(N(c4cccc(C)c4)c4cccc(C)c4)cc3C)c(C)c2)c1. The fourth-order valence-electron chi connectivity index (χ4n) is 20.6. The number of nitrogens with zero attached hydrogens (tertiary/aromatic N) is 6. The molecule has 0 saturated heterocycles. The van der Waals surface area contributed by atoms with Gasteiger partial charge in [-0.3, -0.25) is 0 Å². The van der Waals surface area contributed by atoms with Gasteiger partial charge in [0.25, 0.3) is 0 Å². The monoisotopic (exact) mass is 1810 g/mol. The Balaban J connectivity index is 0.000000134. The summed E-state index contributed by atoms with van der Waals surface area (Å²) < 4.78 is 0. The maximum absolute atomic E-state index is 2.40. The molecule has 0 aromatic heterocycles. The minimum Gasteiger partial charge on any atom is -0.311 e. The second kappa shape index (κ2) is 41.7. The lowest BCUT2D eigenvalue weighted by molar-refractivity contribution is 0.346. The molecule has 0 bridgehead atoms. The van der Waals surface area contributed by atoms with E-state index < -0.39 is 0 Å². The summed E-state index contributed by atoms with van der Waals surface area (Å²) >= 11 is 0. The molecular formula is C134H122N6. The second-order valence-corrected chi connectivity index (χ2v) is 38.1. The number of aryl methyl sites for hydroxylation is 12. The van der Waals surface area contributed by atoms with E-state index in [0.29, 0.717) is 0 Å². The molecule has 0 heterocycles. The summed E-state index contributed by atoms with van der Waals surface area (Å²) in [6.07, 6.45) is 6.15. The number of fused-ring (bicyclic) bond motifs is 2. The topological polar surface area (TPSA) is 19.4 Å². The number of benzene rings is 20. The smallest absolute Gasteiger partial charge is 0.0540 e. The van der Waals surface area contributed by atoms with Crippen LogP contribution in [0.15, 0.2) is 461 Å². The minimum absolute atomic E-state index is 0.00636. The molecule has 0 N–H and O–H groups in total. The van der Waals surface area contributed by atoms with Crippen LogP contribution in [0.4, 0.5) is 102 Å². The molecule has 0 radical (unpaired) electrons. The Morgan fingerprint density at radius 3 is 0.650 bits per heavy atom. The van der Waals surface area contributed by atoms with Gasteiger partial charge in [-0.25, -0.2) is 0 Å². The molecule has 0 spiro atoms. The number of hydrogen-bond acceptors (Lipinski definition) is 6. The lowest BCUT2D eigenvalue weighted by atomic mass is 9.65. The van der Waals surface area contributed by atoms with Crippen LogP contribution in [-0.4, -0.2) is 0 Å². The first-order valence-corrected chi connectivity index (χ1v) is 49.4. The highest BCUT2D eigenvalue weighted by Gasteiger charge is 2.37. The molecule has 0 atom stereocenters. The summed E-state index contributed by atoms with van der Waals surface area (Å²) in [7, 11) is 0. The second-order valence-electron chi connectivity index (χ2n) is 38.1. The van der Waals surface area contributed by atoms with Crippen molar-refractivity contribution in [3.8, 4) is 22.3 Å². The first-order chi connectivity index (χ1) is 68.3. The number of rotatable bonds is 22. The maximum atomic E-state index is 2.40. The summed E-state index contributed by atoms with van der Waals surface area (Å²) in [6.45, 7) is 26.1. The molecule has 0 amide bonds. The molecule has 688 valence electrons. The highest BCUT2D eigenvalue weighted by atomic mass is 15.2. The van der Waals surface area contributed by atoms with E-state index in [1.165, 1.54) is 199 Å². The van der Waals surface area contributed by atoms with Crippen molar-refractivity contribution in [1.82, 2.24) is 0 Å². The predicted molar refractivity (Wildman–Crippen MR) is 600 cm³/mol. The van der Waals surface area contributed by atoms with E-state index in [-0.39, 0.29) is 5.41 Å². The number of anilines is 18. The van der Waals surface area contributed by atoms with Crippen LogP contribution in [0, 0.1) is 83.1 Å². The van der Waals surface area contributed by atoms with Gasteiger partial charge in [-0.15, -0.1) is 0 Å². The van der Waals surface area contributed by atoms with Gasteiger partial charge in [0, 0.05) is 107 Å². The summed E-state index contributed by atoms with van der Waals surface area (Å²) in [5, 5.41) is 4.92. The Morgan fingerprint density at radius 2 is 0.371 bits per heavy atom. The fraction of sp³-hybridized carbons (Fsp3) is 0.134. The summed E-state index contributed by atoms with van der Waals surface area (Å²) in [5.41, 5.74) is 43.7. The highest BCUT2D eigenvalue weighted by molar-refractivity contribution is 6.01. The van der Waals surface area contributed by atoms with E-state index in [2.05, 4.69) is 574 Å². The summed E-state index contributed by atoms with van der Waals surface area (Å²) in [4.78, 5) is 14.2. The molecule has 6 nitrogen and oxygen atoms in total. The number of hydrogen-bond donors (Lipinski definition) is 0. The highest BCUT2D eigenvalue weighted by Crippen LogP contribution is 2.51. The average molecular weight is 1820 g/mol. The minimum atomic E-state index is 0.00636. The van der Waals surface area contributed by atoms with Gasteiger partial charge in [0.05, 0.1) is 11.4 Å². The van der Waals surface area contributed by atoms with E-state index in [9.17, 15) is 0 Å². The van der Waals surface area contributed by atoms with Gasteiger partial charge in [0.2, 0.25) is 0 Å². The lowest BCUT2D eigenvalue weighted by Gasteiger charge is -2.39. The van der Waals surface area contributed by atoms with Gasteiger partial charge < -0.3 is 29.4 Å². The van der Waals surface area contributed by atoms with Crippen LogP contribution in [0.25, 0.3) is 43.8 Å². The molecule has 0 unspecified atom stereocenters. The van der Waals surface area contributed by atoms with Crippen molar-refractivity contribution in [2.75, 3.05) is 29.4 Å². The molecule has 0 aliphatic heterocycles. The van der Waals surface area contributed by atoms with Gasteiger partial charge in [0.1, 0.15) is 0 Å². The molecule has 20 aromatic carbocycles. The largest absolute Gasteiger partial charge is 0.311 e. The van der Waals surface area contributed by atoms with Crippen LogP contribution in [0.5, 0.6) is 0 Å². The molecule has 21 rings (SSSR count). The van der Waals surface area contributed by atoms with Gasteiger partial charge >= 0.3 is 0 Å². The zero-order valence-electron chi connectivity index (χ0n) is 82.6. The third kappa shape index (κ3) is 20.3. The van der Waals surface area contributed by atoms with Crippen molar-refractivity contribution in [3.63, 3.8) is 0 Å². The van der Waals surface area contributed by atoms with Crippen molar-refractivity contribution in [1.29, 1.82) is 0 Å². The average Bonchev–Trinajstić information content (AvgIpc) is 0.762. The quantitative estimate of drug-likeness (QED) is 0.0669. The molecule has 20 aromatic rings. The molecule has 140 heavy (non-hydrogen) atoms. The van der Waals surface area contributed by atoms with Gasteiger partial charge in [-0.1, -0.05) is 296 Å². The number of para-hydroxylation sites is 2. The van der Waals surface area contributed by atoms with Gasteiger partial charge in [-0.2, -0.15) is 0 Å². The first kappa shape index (κ1) is 92.8. The molecular weight excluding hydrogens is 1690 g/mol. The Hall–Kier alpha value is -16.3. The van der Waals surface area contributed by atoms with Crippen LogP contribution >= 0.6 is 0 Å². The molecule has 1 fully saturated rings. The zero-order chi connectivity index (χ0) is 96.3. The van der Waals surface area contributed by atoms with Crippen LogP contribution < -0.4 is 29.4 Å². The Morgan fingerprint density at radius 1 is 0.157 bits per heavy atom. The van der Waals surface area contributed by atoms with Crippen LogP contribution in [0.2, 0.25) is 0 Å². The summed E-state index contributed by atoms with van der Waals surface area (Å²) in [6, 6.07) is 168. The normalized spacial score (nSPS) is 12.1. The van der Waals surface area contributed by atoms with Crippen molar-refractivity contribution < 1.29 is 0 Å². The Bertz CT molecular complexity index is 7070. The maximum Gasteiger partial charge on any atom is 0.0540 e.